The maximum absolute atomic E-state index is 11.4. The van der Waals surface area contributed by atoms with Gasteiger partial charge < -0.3 is 14.2 Å². The van der Waals surface area contributed by atoms with Crippen LogP contribution in [0.2, 0.25) is 0 Å². The molecular formula is C12H20N2O4S. The summed E-state index contributed by atoms with van der Waals surface area (Å²) in [7, 11) is 1.67. The molecule has 1 heterocycles. The van der Waals surface area contributed by atoms with Crippen LogP contribution in [0.4, 0.5) is 0 Å². The molecule has 1 aromatic rings. The molecule has 0 atom stereocenters. The number of amides is 1. The number of thiophene rings is 1. The van der Waals surface area contributed by atoms with Crippen molar-refractivity contribution < 1.29 is 19.0 Å². The van der Waals surface area contributed by atoms with Crippen LogP contribution in [0.25, 0.3) is 0 Å². The van der Waals surface area contributed by atoms with E-state index in [0.717, 1.165) is 12.0 Å². The van der Waals surface area contributed by atoms with Gasteiger partial charge in [0.1, 0.15) is 0 Å². The third-order valence-corrected chi connectivity index (χ3v) is 3.31. The van der Waals surface area contributed by atoms with Crippen molar-refractivity contribution in [1.82, 2.24) is 5.43 Å². The summed E-state index contributed by atoms with van der Waals surface area (Å²) in [6.45, 7) is 2.77. The zero-order chi connectivity index (χ0) is 13.9. The molecule has 3 N–H and O–H groups in total. The summed E-state index contributed by atoms with van der Waals surface area (Å²) in [5, 5.41) is 1.84. The van der Waals surface area contributed by atoms with Gasteiger partial charge in [-0.15, -0.1) is 11.3 Å². The Morgan fingerprint density at radius 3 is 2.84 bits per heavy atom. The van der Waals surface area contributed by atoms with Gasteiger partial charge in [0.15, 0.2) is 0 Å². The van der Waals surface area contributed by atoms with Gasteiger partial charge in [0.25, 0.3) is 5.91 Å². The lowest BCUT2D eigenvalue weighted by atomic mass is 10.2. The molecule has 1 aromatic heterocycles. The van der Waals surface area contributed by atoms with E-state index in [-0.39, 0.29) is 5.91 Å². The first-order valence-electron chi connectivity index (χ1n) is 6.01. The van der Waals surface area contributed by atoms with E-state index < -0.39 is 0 Å². The Labute approximate surface area is 116 Å². The van der Waals surface area contributed by atoms with Crippen LogP contribution in [-0.4, -0.2) is 39.4 Å². The van der Waals surface area contributed by atoms with E-state index in [4.69, 9.17) is 20.1 Å². The van der Waals surface area contributed by atoms with Crippen LogP contribution in [0, 0.1) is 0 Å². The minimum Gasteiger partial charge on any atom is -0.385 e. The molecule has 0 unspecified atom stereocenters. The fraction of sp³-hybridized carbons (Fsp3) is 0.583. The van der Waals surface area contributed by atoms with Crippen molar-refractivity contribution in [3.63, 3.8) is 0 Å². The van der Waals surface area contributed by atoms with Gasteiger partial charge in [-0.25, -0.2) is 5.84 Å². The summed E-state index contributed by atoms with van der Waals surface area (Å²) in [5.41, 5.74) is 2.96. The van der Waals surface area contributed by atoms with Crippen LogP contribution in [-0.2, 0) is 20.8 Å². The molecule has 7 heteroatoms. The van der Waals surface area contributed by atoms with Crippen LogP contribution in [0.3, 0.4) is 0 Å². The van der Waals surface area contributed by atoms with E-state index in [1.807, 2.05) is 11.4 Å². The largest absolute Gasteiger partial charge is 0.385 e. The second kappa shape index (κ2) is 9.88. The Kier molecular flexibility index (Phi) is 8.35. The number of nitrogen functional groups attached to an aromatic ring is 1. The predicted molar refractivity (Wildman–Crippen MR) is 72.9 cm³/mol. The average Bonchev–Trinajstić information content (AvgIpc) is 2.89. The molecule has 0 aromatic carbocycles. The monoisotopic (exact) mass is 288 g/mol. The third-order valence-electron chi connectivity index (χ3n) is 2.35. The Bertz CT molecular complexity index is 370. The molecule has 19 heavy (non-hydrogen) atoms. The van der Waals surface area contributed by atoms with Crippen molar-refractivity contribution >= 4 is 17.2 Å². The second-order valence-electron chi connectivity index (χ2n) is 3.76. The highest BCUT2D eigenvalue weighted by atomic mass is 32.1. The van der Waals surface area contributed by atoms with E-state index in [9.17, 15) is 4.79 Å². The first-order chi connectivity index (χ1) is 9.29. The summed E-state index contributed by atoms with van der Waals surface area (Å²) < 4.78 is 15.7. The van der Waals surface area contributed by atoms with Crippen LogP contribution in [0.5, 0.6) is 0 Å². The number of methoxy groups -OCH3 is 1. The van der Waals surface area contributed by atoms with Gasteiger partial charge >= 0.3 is 0 Å². The van der Waals surface area contributed by atoms with Gasteiger partial charge in [0.2, 0.25) is 0 Å². The second-order valence-corrected chi connectivity index (χ2v) is 4.68. The number of ether oxygens (including phenoxy) is 3. The SMILES string of the molecule is COCCCOCCOCc1ccsc1C(=O)NN. The summed E-state index contributed by atoms with van der Waals surface area (Å²) in [5.74, 6) is 4.81. The zero-order valence-electron chi connectivity index (χ0n) is 11.0. The average molecular weight is 288 g/mol. The highest BCUT2D eigenvalue weighted by Crippen LogP contribution is 2.17. The lowest BCUT2D eigenvalue weighted by Gasteiger charge is -2.06. The van der Waals surface area contributed by atoms with Crippen molar-refractivity contribution in [2.45, 2.75) is 13.0 Å². The van der Waals surface area contributed by atoms with Crippen molar-refractivity contribution in [1.29, 1.82) is 0 Å². The summed E-state index contributed by atoms with van der Waals surface area (Å²) in [4.78, 5) is 12.0. The molecule has 0 aliphatic carbocycles. The molecular weight excluding hydrogens is 268 g/mol. The maximum Gasteiger partial charge on any atom is 0.275 e. The summed E-state index contributed by atoms with van der Waals surface area (Å²) in [6.07, 6.45) is 0.877. The number of nitrogens with one attached hydrogen (secondary N) is 1. The zero-order valence-corrected chi connectivity index (χ0v) is 11.8. The molecule has 0 radical (unpaired) electrons. The third kappa shape index (κ3) is 6.13. The Morgan fingerprint density at radius 2 is 2.11 bits per heavy atom. The van der Waals surface area contributed by atoms with Crippen molar-refractivity contribution in [2.24, 2.45) is 5.84 Å². The maximum atomic E-state index is 11.4. The quantitative estimate of drug-likeness (QED) is 0.289. The highest BCUT2D eigenvalue weighted by molar-refractivity contribution is 7.12. The van der Waals surface area contributed by atoms with Crippen LogP contribution >= 0.6 is 11.3 Å². The van der Waals surface area contributed by atoms with E-state index in [2.05, 4.69) is 5.43 Å². The summed E-state index contributed by atoms with van der Waals surface area (Å²) in [6, 6.07) is 1.86. The van der Waals surface area contributed by atoms with Gasteiger partial charge in [-0.05, 0) is 17.9 Å². The number of hydrazine groups is 1. The molecule has 0 aliphatic heterocycles. The fourth-order valence-corrected chi connectivity index (χ4v) is 2.23. The summed E-state index contributed by atoms with van der Waals surface area (Å²) >= 11 is 1.34. The van der Waals surface area contributed by atoms with E-state index in [1.54, 1.807) is 7.11 Å². The van der Waals surface area contributed by atoms with Crippen molar-refractivity contribution in [3.8, 4) is 0 Å². The minimum absolute atomic E-state index is 0.288. The van der Waals surface area contributed by atoms with E-state index in [1.165, 1.54) is 11.3 Å². The molecule has 108 valence electrons. The van der Waals surface area contributed by atoms with Crippen LogP contribution < -0.4 is 11.3 Å². The lowest BCUT2D eigenvalue weighted by molar-refractivity contribution is 0.0336. The molecule has 0 aliphatic rings. The minimum atomic E-state index is -0.288. The lowest BCUT2D eigenvalue weighted by Crippen LogP contribution is -2.30. The Morgan fingerprint density at radius 1 is 1.32 bits per heavy atom. The van der Waals surface area contributed by atoms with Crippen molar-refractivity contribution in [2.75, 3.05) is 33.5 Å². The van der Waals surface area contributed by atoms with Crippen LogP contribution in [0.1, 0.15) is 21.7 Å². The number of carbonyl (C=O) groups is 1. The molecule has 6 nitrogen and oxygen atoms in total. The van der Waals surface area contributed by atoms with Gasteiger partial charge in [-0.1, -0.05) is 0 Å². The number of carbonyl (C=O) groups excluding carboxylic acids is 1. The molecule has 0 fully saturated rings. The standard InChI is InChI=1S/C12H20N2O4S/c1-16-4-2-5-17-6-7-18-9-10-3-8-19-11(10)12(15)14-13/h3,8H,2,4-7,9,13H2,1H3,(H,14,15). The molecule has 0 saturated carbocycles. The smallest absolute Gasteiger partial charge is 0.275 e. The van der Waals surface area contributed by atoms with E-state index in [0.29, 0.717) is 37.9 Å². The number of rotatable bonds is 10. The van der Waals surface area contributed by atoms with Gasteiger partial charge in [-0.2, -0.15) is 0 Å². The number of hydrogen-bond donors (Lipinski definition) is 2. The molecule has 1 amide bonds. The molecule has 0 bridgehead atoms. The Balaban J connectivity index is 2.13. The van der Waals surface area contributed by atoms with E-state index >= 15 is 0 Å². The van der Waals surface area contributed by atoms with Gasteiger partial charge in [-0.3, -0.25) is 10.2 Å². The highest BCUT2D eigenvalue weighted by Gasteiger charge is 2.11. The first kappa shape index (κ1) is 16.1. The predicted octanol–water partition coefficient (Wildman–Crippen LogP) is 0.921. The van der Waals surface area contributed by atoms with Gasteiger partial charge in [0, 0.05) is 25.9 Å². The number of hydrogen-bond acceptors (Lipinski definition) is 6. The molecule has 0 spiro atoms. The Hall–Kier alpha value is -0.990. The van der Waals surface area contributed by atoms with Crippen molar-refractivity contribution in [3.05, 3.63) is 21.9 Å². The number of nitrogens with two attached hydrogens (primary N) is 1. The fourth-order valence-electron chi connectivity index (χ4n) is 1.42. The normalized spacial score (nSPS) is 10.6. The first-order valence-corrected chi connectivity index (χ1v) is 6.89. The van der Waals surface area contributed by atoms with Gasteiger partial charge in [0.05, 0.1) is 24.7 Å². The molecule has 0 saturated heterocycles. The van der Waals surface area contributed by atoms with Crippen LogP contribution in [0.15, 0.2) is 11.4 Å². The molecule has 1 rings (SSSR count). The topological polar surface area (TPSA) is 82.8 Å².